The molecule has 1 aromatic rings. The summed E-state index contributed by atoms with van der Waals surface area (Å²) in [6.45, 7) is 7.42. The highest BCUT2D eigenvalue weighted by Crippen LogP contribution is 2.12. The van der Waals surface area contributed by atoms with E-state index in [1.165, 1.54) is 12.1 Å². The van der Waals surface area contributed by atoms with Crippen LogP contribution in [0.25, 0.3) is 0 Å². The van der Waals surface area contributed by atoms with E-state index in [9.17, 15) is 4.39 Å². The van der Waals surface area contributed by atoms with Crippen LogP contribution in [0.4, 0.5) is 4.39 Å². The van der Waals surface area contributed by atoms with Crippen LogP contribution in [0.5, 0.6) is 0 Å². The van der Waals surface area contributed by atoms with Crippen LogP contribution in [0.3, 0.4) is 0 Å². The molecule has 0 saturated carbocycles. The molecular weight excluding hydrogens is 177 g/mol. The Morgan fingerprint density at radius 3 is 2.21 bits per heavy atom. The summed E-state index contributed by atoms with van der Waals surface area (Å²) >= 11 is 0. The van der Waals surface area contributed by atoms with Gasteiger partial charge in [0, 0.05) is 6.04 Å². The van der Waals surface area contributed by atoms with Gasteiger partial charge in [-0.3, -0.25) is 0 Å². The molecule has 14 heavy (non-hydrogen) atoms. The zero-order chi connectivity index (χ0) is 10.6. The molecular formula is C12H18FN. The summed E-state index contributed by atoms with van der Waals surface area (Å²) in [5.74, 6) is 0.461. The first-order valence-electron chi connectivity index (χ1n) is 5.08. The van der Waals surface area contributed by atoms with E-state index < -0.39 is 0 Å². The lowest BCUT2D eigenvalue weighted by Crippen LogP contribution is -2.23. The molecule has 0 aliphatic heterocycles. The zero-order valence-corrected chi connectivity index (χ0v) is 9.05. The Hall–Kier alpha value is -0.890. The fourth-order valence-electron chi connectivity index (χ4n) is 1.28. The van der Waals surface area contributed by atoms with E-state index in [4.69, 9.17) is 0 Å². The van der Waals surface area contributed by atoms with Crippen molar-refractivity contribution in [2.75, 3.05) is 6.54 Å². The molecule has 1 unspecified atom stereocenters. The van der Waals surface area contributed by atoms with Crippen molar-refractivity contribution in [1.82, 2.24) is 5.32 Å². The van der Waals surface area contributed by atoms with Crippen molar-refractivity contribution in [3.05, 3.63) is 35.6 Å². The van der Waals surface area contributed by atoms with Crippen LogP contribution in [0, 0.1) is 11.7 Å². The minimum absolute atomic E-state index is 0.176. The summed E-state index contributed by atoms with van der Waals surface area (Å²) < 4.78 is 12.6. The van der Waals surface area contributed by atoms with Gasteiger partial charge in [0.15, 0.2) is 0 Å². The van der Waals surface area contributed by atoms with E-state index in [2.05, 4.69) is 26.1 Å². The van der Waals surface area contributed by atoms with Crippen molar-refractivity contribution in [3.63, 3.8) is 0 Å². The quantitative estimate of drug-likeness (QED) is 0.778. The molecule has 0 bridgehead atoms. The molecule has 0 fully saturated rings. The van der Waals surface area contributed by atoms with Gasteiger partial charge in [0.2, 0.25) is 0 Å². The van der Waals surface area contributed by atoms with Crippen LogP contribution in [0.2, 0.25) is 0 Å². The fraction of sp³-hybridized carbons (Fsp3) is 0.500. The molecule has 0 aliphatic rings. The second-order valence-corrected chi connectivity index (χ2v) is 4.08. The molecule has 78 valence electrons. The van der Waals surface area contributed by atoms with E-state index in [-0.39, 0.29) is 11.9 Å². The Morgan fingerprint density at radius 2 is 1.71 bits per heavy atom. The van der Waals surface area contributed by atoms with Gasteiger partial charge in [0.25, 0.3) is 0 Å². The van der Waals surface area contributed by atoms with Gasteiger partial charge in [-0.2, -0.15) is 0 Å². The van der Waals surface area contributed by atoms with Crippen molar-refractivity contribution < 1.29 is 4.39 Å². The summed E-state index contributed by atoms with van der Waals surface area (Å²) in [7, 11) is 0. The van der Waals surface area contributed by atoms with E-state index >= 15 is 0 Å². The molecule has 0 radical (unpaired) electrons. The molecule has 1 atom stereocenters. The molecule has 0 saturated heterocycles. The number of hydrogen-bond donors (Lipinski definition) is 1. The van der Waals surface area contributed by atoms with Gasteiger partial charge >= 0.3 is 0 Å². The Balaban J connectivity index is 2.52. The van der Waals surface area contributed by atoms with Crippen molar-refractivity contribution in [1.29, 1.82) is 0 Å². The highest BCUT2D eigenvalue weighted by atomic mass is 19.1. The lowest BCUT2D eigenvalue weighted by molar-refractivity contribution is 0.495. The number of benzene rings is 1. The molecule has 0 amide bonds. The maximum absolute atomic E-state index is 12.6. The summed E-state index contributed by atoms with van der Waals surface area (Å²) in [6.07, 6.45) is 0. The maximum Gasteiger partial charge on any atom is 0.123 e. The number of nitrogens with one attached hydrogen (secondary N) is 1. The summed E-state index contributed by atoms with van der Waals surface area (Å²) in [4.78, 5) is 0. The minimum Gasteiger partial charge on any atom is -0.310 e. The summed E-state index contributed by atoms with van der Waals surface area (Å²) in [6, 6.07) is 6.95. The first-order valence-corrected chi connectivity index (χ1v) is 5.08. The first-order chi connectivity index (χ1) is 6.59. The molecule has 1 aromatic carbocycles. The second-order valence-electron chi connectivity index (χ2n) is 4.08. The summed E-state index contributed by atoms with van der Waals surface area (Å²) in [5, 5.41) is 3.40. The van der Waals surface area contributed by atoms with Gasteiger partial charge in [-0.25, -0.2) is 4.39 Å². The predicted molar refractivity (Wildman–Crippen MR) is 57.7 cm³/mol. The highest BCUT2D eigenvalue weighted by Gasteiger charge is 2.04. The van der Waals surface area contributed by atoms with Gasteiger partial charge in [-0.1, -0.05) is 26.0 Å². The highest BCUT2D eigenvalue weighted by molar-refractivity contribution is 5.19. The fourth-order valence-corrected chi connectivity index (χ4v) is 1.28. The van der Waals surface area contributed by atoms with Crippen molar-refractivity contribution >= 4 is 0 Å². The Kier molecular flexibility index (Phi) is 4.08. The third-order valence-electron chi connectivity index (χ3n) is 2.20. The number of hydrogen-bond acceptors (Lipinski definition) is 1. The van der Waals surface area contributed by atoms with Crippen LogP contribution >= 0.6 is 0 Å². The van der Waals surface area contributed by atoms with Crippen LogP contribution in [0.1, 0.15) is 32.4 Å². The first kappa shape index (κ1) is 11.2. The number of rotatable bonds is 4. The standard InChI is InChI=1S/C12H18FN/c1-9(2)8-14-10(3)11-4-6-12(13)7-5-11/h4-7,9-10,14H,8H2,1-3H3. The normalized spacial score (nSPS) is 13.2. The van der Waals surface area contributed by atoms with Crippen molar-refractivity contribution in [2.24, 2.45) is 5.92 Å². The van der Waals surface area contributed by atoms with E-state index in [0.717, 1.165) is 12.1 Å². The molecule has 0 heterocycles. The van der Waals surface area contributed by atoms with Crippen LogP contribution in [-0.2, 0) is 0 Å². The third kappa shape index (κ3) is 3.46. The van der Waals surface area contributed by atoms with Crippen LogP contribution in [-0.4, -0.2) is 6.54 Å². The van der Waals surface area contributed by atoms with E-state index in [1.807, 2.05) is 12.1 Å². The monoisotopic (exact) mass is 195 g/mol. The third-order valence-corrected chi connectivity index (χ3v) is 2.20. The second kappa shape index (κ2) is 5.11. The van der Waals surface area contributed by atoms with Gasteiger partial charge in [0.1, 0.15) is 5.82 Å². The summed E-state index contributed by atoms with van der Waals surface area (Å²) in [5.41, 5.74) is 1.13. The molecule has 0 aromatic heterocycles. The topological polar surface area (TPSA) is 12.0 Å². The average Bonchev–Trinajstić information content (AvgIpc) is 2.15. The van der Waals surface area contributed by atoms with E-state index in [1.54, 1.807) is 0 Å². The van der Waals surface area contributed by atoms with Gasteiger partial charge < -0.3 is 5.32 Å². The zero-order valence-electron chi connectivity index (χ0n) is 9.05. The molecule has 0 spiro atoms. The molecule has 1 rings (SSSR count). The minimum atomic E-state index is -0.176. The van der Waals surface area contributed by atoms with Gasteiger partial charge in [0.05, 0.1) is 0 Å². The number of halogens is 1. The predicted octanol–water partition coefficient (Wildman–Crippen LogP) is 3.13. The van der Waals surface area contributed by atoms with Crippen LogP contribution < -0.4 is 5.32 Å². The molecule has 1 N–H and O–H groups in total. The van der Waals surface area contributed by atoms with Crippen molar-refractivity contribution in [3.8, 4) is 0 Å². The smallest absolute Gasteiger partial charge is 0.123 e. The molecule has 0 aliphatic carbocycles. The Bertz CT molecular complexity index is 266. The SMILES string of the molecule is CC(C)CNC(C)c1ccc(F)cc1. The Labute approximate surface area is 85.3 Å². The van der Waals surface area contributed by atoms with Crippen molar-refractivity contribution in [2.45, 2.75) is 26.8 Å². The molecule has 1 nitrogen and oxygen atoms in total. The van der Waals surface area contributed by atoms with Gasteiger partial charge in [-0.05, 0) is 37.1 Å². The Morgan fingerprint density at radius 1 is 1.14 bits per heavy atom. The van der Waals surface area contributed by atoms with Crippen LogP contribution in [0.15, 0.2) is 24.3 Å². The lowest BCUT2D eigenvalue weighted by atomic mass is 10.1. The molecule has 2 heteroatoms. The van der Waals surface area contributed by atoms with Gasteiger partial charge in [-0.15, -0.1) is 0 Å². The maximum atomic E-state index is 12.6. The largest absolute Gasteiger partial charge is 0.310 e. The lowest BCUT2D eigenvalue weighted by Gasteiger charge is -2.15. The van der Waals surface area contributed by atoms with E-state index in [0.29, 0.717) is 5.92 Å². The average molecular weight is 195 g/mol.